The number of primary amides is 1. The van der Waals surface area contributed by atoms with Crippen LogP contribution in [0.5, 0.6) is 0 Å². The number of hydrogen-bond acceptors (Lipinski definition) is 3. The topological polar surface area (TPSA) is 93.3 Å². The van der Waals surface area contributed by atoms with Crippen molar-refractivity contribution in [3.8, 4) is 0 Å². The first-order valence-corrected chi connectivity index (χ1v) is 10.0. The van der Waals surface area contributed by atoms with Gasteiger partial charge >= 0.3 is 6.03 Å². The number of halogens is 1. The summed E-state index contributed by atoms with van der Waals surface area (Å²) in [5, 5.41) is 4.35. The van der Waals surface area contributed by atoms with E-state index in [1.54, 1.807) is 11.1 Å². The maximum atomic E-state index is 12.9. The third-order valence-corrected chi connectivity index (χ3v) is 6.02. The Morgan fingerprint density at radius 2 is 2.03 bits per heavy atom. The van der Waals surface area contributed by atoms with Crippen molar-refractivity contribution in [2.75, 3.05) is 11.9 Å². The fraction of sp³-hybridized carbons (Fsp3) is 0.286. The molecule has 1 aliphatic carbocycles. The minimum Gasteiger partial charge on any atom is -0.365 e. The zero-order valence-electron chi connectivity index (χ0n) is 15.7. The standard InChI is InChI=1S/C21H20ClN5O2/c22-18-17(20(23)28)16-11-26(8-9-27(16)19(18)12-3-4-12)21(29)25-14-5-6-15-13(10-14)2-1-7-24-15/h1-2,5-7,10,12H,3-4,8-9,11H2,(H2,23,28)(H,25,29). The molecule has 3 amide bonds. The van der Waals surface area contributed by atoms with Crippen molar-refractivity contribution in [2.24, 2.45) is 5.73 Å². The SMILES string of the molecule is NC(=O)c1c(Cl)c(C2CC2)n2c1CN(C(=O)Nc1ccc3ncccc3c1)CC2. The lowest BCUT2D eigenvalue weighted by atomic mass is 10.2. The molecule has 2 aromatic heterocycles. The monoisotopic (exact) mass is 409 g/mol. The van der Waals surface area contributed by atoms with Crippen LogP contribution in [0, 0.1) is 0 Å². The van der Waals surface area contributed by atoms with Crippen molar-refractivity contribution in [3.05, 3.63) is 58.5 Å². The first-order chi connectivity index (χ1) is 14.0. The lowest BCUT2D eigenvalue weighted by Gasteiger charge is -2.30. The van der Waals surface area contributed by atoms with Crippen LogP contribution < -0.4 is 11.1 Å². The zero-order valence-corrected chi connectivity index (χ0v) is 16.4. The van der Waals surface area contributed by atoms with Gasteiger partial charge in [-0.3, -0.25) is 9.78 Å². The van der Waals surface area contributed by atoms with E-state index in [4.69, 9.17) is 17.3 Å². The molecule has 5 rings (SSSR count). The second kappa shape index (κ2) is 6.77. The summed E-state index contributed by atoms with van der Waals surface area (Å²) < 4.78 is 2.09. The molecule has 29 heavy (non-hydrogen) atoms. The molecule has 0 unspecified atom stereocenters. The summed E-state index contributed by atoms with van der Waals surface area (Å²) in [7, 11) is 0. The van der Waals surface area contributed by atoms with Gasteiger partial charge in [0.2, 0.25) is 0 Å². The Bertz CT molecular complexity index is 1150. The predicted molar refractivity (Wildman–Crippen MR) is 111 cm³/mol. The molecular weight excluding hydrogens is 390 g/mol. The first kappa shape index (κ1) is 18.0. The highest BCUT2D eigenvalue weighted by molar-refractivity contribution is 6.35. The Morgan fingerprint density at radius 1 is 1.21 bits per heavy atom. The molecule has 8 heteroatoms. The Labute approximate surface area is 172 Å². The molecule has 0 spiro atoms. The second-order valence-corrected chi connectivity index (χ2v) is 7.95. The second-order valence-electron chi connectivity index (χ2n) is 7.57. The van der Waals surface area contributed by atoms with Crippen LogP contribution in [0.3, 0.4) is 0 Å². The van der Waals surface area contributed by atoms with Crippen LogP contribution in [-0.4, -0.2) is 32.9 Å². The Kier molecular flexibility index (Phi) is 4.20. The number of benzene rings is 1. The number of hydrogen-bond donors (Lipinski definition) is 2. The summed E-state index contributed by atoms with van der Waals surface area (Å²) in [6.45, 7) is 1.44. The number of anilines is 1. The lowest BCUT2D eigenvalue weighted by molar-refractivity contribution is 0.0997. The van der Waals surface area contributed by atoms with Crippen LogP contribution in [0.2, 0.25) is 5.02 Å². The van der Waals surface area contributed by atoms with Crippen molar-refractivity contribution in [2.45, 2.75) is 31.8 Å². The number of fused-ring (bicyclic) bond motifs is 2. The van der Waals surface area contributed by atoms with Crippen molar-refractivity contribution in [1.82, 2.24) is 14.5 Å². The van der Waals surface area contributed by atoms with Crippen molar-refractivity contribution in [3.63, 3.8) is 0 Å². The smallest absolute Gasteiger partial charge is 0.322 e. The maximum Gasteiger partial charge on any atom is 0.322 e. The van der Waals surface area contributed by atoms with Gasteiger partial charge in [-0.05, 0) is 37.1 Å². The summed E-state index contributed by atoms with van der Waals surface area (Å²) >= 11 is 6.52. The van der Waals surface area contributed by atoms with Crippen LogP contribution >= 0.6 is 11.6 Å². The zero-order chi connectivity index (χ0) is 20.1. The minimum absolute atomic E-state index is 0.222. The van der Waals surface area contributed by atoms with Crippen LogP contribution in [0.25, 0.3) is 10.9 Å². The first-order valence-electron chi connectivity index (χ1n) is 9.64. The number of pyridine rings is 1. The predicted octanol–water partition coefficient (Wildman–Crippen LogP) is 3.71. The third kappa shape index (κ3) is 3.11. The van der Waals surface area contributed by atoms with Crippen molar-refractivity contribution < 1.29 is 9.59 Å². The van der Waals surface area contributed by atoms with E-state index in [2.05, 4.69) is 14.9 Å². The molecule has 1 fully saturated rings. The number of rotatable bonds is 3. The highest BCUT2D eigenvalue weighted by Crippen LogP contribution is 2.46. The van der Waals surface area contributed by atoms with Gasteiger partial charge < -0.3 is 20.5 Å². The summed E-state index contributed by atoms with van der Waals surface area (Å²) in [6.07, 6.45) is 3.88. The molecule has 148 valence electrons. The van der Waals surface area contributed by atoms with Crippen LogP contribution in [0.1, 0.15) is 40.5 Å². The summed E-state index contributed by atoms with van der Waals surface area (Å²) in [6, 6.07) is 9.19. The molecule has 3 heterocycles. The van der Waals surface area contributed by atoms with Gasteiger partial charge in [0, 0.05) is 42.0 Å². The average molecular weight is 410 g/mol. The molecule has 0 saturated heterocycles. The molecule has 3 N–H and O–H groups in total. The maximum absolute atomic E-state index is 12.9. The van der Waals surface area contributed by atoms with Gasteiger partial charge in [0.25, 0.3) is 5.91 Å². The molecule has 0 radical (unpaired) electrons. The van der Waals surface area contributed by atoms with Crippen LogP contribution in [0.15, 0.2) is 36.5 Å². The van der Waals surface area contributed by atoms with E-state index in [1.165, 1.54) is 0 Å². The molecular formula is C21H20ClN5O2. The van der Waals surface area contributed by atoms with E-state index in [1.807, 2.05) is 30.3 Å². The van der Waals surface area contributed by atoms with Gasteiger partial charge in [0.15, 0.2) is 0 Å². The molecule has 0 bridgehead atoms. The van der Waals surface area contributed by atoms with Gasteiger partial charge in [0.1, 0.15) is 0 Å². The molecule has 1 aliphatic heterocycles. The van der Waals surface area contributed by atoms with Gasteiger partial charge in [-0.2, -0.15) is 0 Å². The number of nitrogens with one attached hydrogen (secondary N) is 1. The van der Waals surface area contributed by atoms with Gasteiger partial charge in [-0.25, -0.2) is 4.79 Å². The van der Waals surface area contributed by atoms with Gasteiger partial charge in [-0.15, -0.1) is 0 Å². The fourth-order valence-electron chi connectivity index (χ4n) is 4.09. The largest absolute Gasteiger partial charge is 0.365 e. The number of carbonyl (C=O) groups is 2. The van der Waals surface area contributed by atoms with E-state index in [-0.39, 0.29) is 6.03 Å². The number of aromatic nitrogens is 2. The van der Waals surface area contributed by atoms with E-state index in [0.29, 0.717) is 41.8 Å². The number of urea groups is 1. The number of nitrogens with two attached hydrogens (primary N) is 1. The van der Waals surface area contributed by atoms with E-state index in [9.17, 15) is 9.59 Å². The van der Waals surface area contributed by atoms with Crippen LogP contribution in [0.4, 0.5) is 10.5 Å². The van der Waals surface area contributed by atoms with E-state index >= 15 is 0 Å². The number of nitrogens with zero attached hydrogens (tertiary/aromatic N) is 3. The molecule has 1 aromatic carbocycles. The fourth-order valence-corrected chi connectivity index (χ4v) is 4.55. The quantitative estimate of drug-likeness (QED) is 0.690. The van der Waals surface area contributed by atoms with E-state index in [0.717, 1.165) is 35.1 Å². The highest BCUT2D eigenvalue weighted by Gasteiger charge is 2.37. The molecule has 0 atom stereocenters. The summed E-state index contributed by atoms with van der Waals surface area (Å²) in [5.74, 6) is -0.157. The molecule has 3 aromatic rings. The molecule has 2 aliphatic rings. The highest BCUT2D eigenvalue weighted by atomic mass is 35.5. The average Bonchev–Trinajstić information content (AvgIpc) is 3.49. The number of carbonyl (C=O) groups excluding carboxylic acids is 2. The van der Waals surface area contributed by atoms with Gasteiger partial charge in [-0.1, -0.05) is 17.7 Å². The Hall–Kier alpha value is -3.06. The van der Waals surface area contributed by atoms with E-state index < -0.39 is 5.91 Å². The lowest BCUT2D eigenvalue weighted by Crippen LogP contribution is -2.41. The number of amides is 3. The van der Waals surface area contributed by atoms with Crippen LogP contribution in [-0.2, 0) is 13.1 Å². The summed E-state index contributed by atoms with van der Waals surface area (Å²) in [4.78, 5) is 30.9. The Balaban J connectivity index is 1.40. The van der Waals surface area contributed by atoms with Crippen molar-refractivity contribution in [1.29, 1.82) is 0 Å². The van der Waals surface area contributed by atoms with Crippen molar-refractivity contribution >= 4 is 40.1 Å². The molecule has 1 saturated carbocycles. The third-order valence-electron chi connectivity index (χ3n) is 5.64. The Morgan fingerprint density at radius 3 is 2.79 bits per heavy atom. The molecule has 7 nitrogen and oxygen atoms in total. The van der Waals surface area contributed by atoms with Gasteiger partial charge in [0.05, 0.1) is 28.3 Å². The minimum atomic E-state index is -0.546. The summed E-state index contributed by atoms with van der Waals surface area (Å²) in [5.41, 5.74) is 9.25. The normalized spacial score (nSPS) is 16.0.